The SMILES string of the molecule is CCc1ccc2c(c1)[CH]([Zr+2]([C]1=C(c3ccccc3)C(c3ccccc3)=CC1c1ccccc1)=[C](c1ccccc1)c1ccccc1)c1cc(CC)ccc1-2.[Cl-].[Cl-]. The van der Waals surface area contributed by atoms with Crippen LogP contribution in [0.15, 0.2) is 197 Å². The van der Waals surface area contributed by atoms with E-state index in [0.717, 1.165) is 12.8 Å². The van der Waals surface area contributed by atoms with Crippen molar-refractivity contribution < 1.29 is 46.1 Å². The smallest absolute Gasteiger partial charge is 1.00 e. The van der Waals surface area contributed by atoms with Crippen molar-refractivity contribution in [1.29, 1.82) is 0 Å². The summed E-state index contributed by atoms with van der Waals surface area (Å²) in [5.41, 5.74) is 18.2. The van der Waals surface area contributed by atoms with Gasteiger partial charge in [0.15, 0.2) is 0 Å². The molecular formula is C53H44Cl2Zr. The summed E-state index contributed by atoms with van der Waals surface area (Å²) in [4.78, 5) is 0. The Kier molecular flexibility index (Phi) is 12.5. The number of benzene rings is 7. The fraction of sp³-hybridized carbons (Fsp3) is 0.113. The Morgan fingerprint density at radius 1 is 0.482 bits per heavy atom. The summed E-state index contributed by atoms with van der Waals surface area (Å²) in [6, 6.07) is 71.4. The molecule has 0 N–H and O–H groups in total. The van der Waals surface area contributed by atoms with Gasteiger partial charge in [-0.3, -0.25) is 0 Å². The van der Waals surface area contributed by atoms with Gasteiger partial charge >= 0.3 is 330 Å². The maximum atomic E-state index is 2.62. The van der Waals surface area contributed by atoms with Crippen LogP contribution in [0, 0.1) is 0 Å². The standard InChI is InChI=1S/C23H17.C17H17.C13H10.2ClH.Zr/c1-4-10-18(11-5-1)21-16-22(19-12-6-2-7-13-19)23(17-21)20-14-8-3-9-15-20;1-3-12-5-7-16-14(9-12)11-15-10-13(4-2)6-8-17(15)16;1-3-7-12(8-4-1)11-13-9-5-2-6-10-13;;;/h1-16,21H;5-11H,3-4H2,1-2H3;1-10H;2*1H;/q;;;;;+2/p-2. The van der Waals surface area contributed by atoms with Gasteiger partial charge in [0.25, 0.3) is 0 Å². The van der Waals surface area contributed by atoms with Crippen molar-refractivity contribution in [1.82, 2.24) is 0 Å². The van der Waals surface area contributed by atoms with Gasteiger partial charge in [-0.25, -0.2) is 0 Å². The van der Waals surface area contributed by atoms with Crippen LogP contribution in [0.1, 0.15) is 73.5 Å². The molecule has 0 saturated heterocycles. The van der Waals surface area contributed by atoms with Crippen molar-refractivity contribution in [3.8, 4) is 11.1 Å². The number of allylic oxidation sites excluding steroid dienone is 4. The van der Waals surface area contributed by atoms with Crippen LogP contribution in [-0.2, 0) is 34.1 Å². The van der Waals surface area contributed by atoms with Crippen molar-refractivity contribution in [2.24, 2.45) is 0 Å². The summed E-state index contributed by atoms with van der Waals surface area (Å²) in [5, 5.41) is 0. The van der Waals surface area contributed by atoms with Gasteiger partial charge in [0.2, 0.25) is 0 Å². The first-order valence-corrected chi connectivity index (χ1v) is 23.3. The van der Waals surface area contributed by atoms with Crippen molar-refractivity contribution >= 4 is 14.4 Å². The molecule has 274 valence electrons. The van der Waals surface area contributed by atoms with E-state index in [1.165, 1.54) is 72.3 Å². The number of hydrogen-bond donors (Lipinski definition) is 0. The molecule has 3 heteroatoms. The van der Waals surface area contributed by atoms with Crippen LogP contribution in [0.4, 0.5) is 0 Å². The van der Waals surface area contributed by atoms with E-state index in [2.05, 4.69) is 208 Å². The molecule has 1 atom stereocenters. The van der Waals surface area contributed by atoms with Gasteiger partial charge in [0.05, 0.1) is 0 Å². The summed E-state index contributed by atoms with van der Waals surface area (Å²) in [6.07, 6.45) is 4.67. The van der Waals surface area contributed by atoms with Crippen LogP contribution in [0.3, 0.4) is 0 Å². The zero-order chi connectivity index (χ0) is 36.4. The predicted molar refractivity (Wildman–Crippen MR) is 226 cm³/mol. The molecule has 0 aromatic heterocycles. The Balaban J connectivity index is 0.00000240. The molecule has 0 fully saturated rings. The molecule has 0 bridgehead atoms. The maximum Gasteiger partial charge on any atom is -1.00 e. The number of hydrogen-bond acceptors (Lipinski definition) is 0. The van der Waals surface area contributed by atoms with Crippen molar-refractivity contribution in [2.45, 2.75) is 36.2 Å². The van der Waals surface area contributed by atoms with Crippen molar-refractivity contribution in [3.63, 3.8) is 0 Å². The molecule has 1 unspecified atom stereocenters. The van der Waals surface area contributed by atoms with E-state index in [1.54, 1.807) is 6.49 Å². The molecule has 0 nitrogen and oxygen atoms in total. The Hall–Kier alpha value is -4.65. The van der Waals surface area contributed by atoms with Crippen LogP contribution >= 0.6 is 0 Å². The summed E-state index contributed by atoms with van der Waals surface area (Å²) in [6.45, 7) is 4.60. The topological polar surface area (TPSA) is 0 Å². The van der Waals surface area contributed by atoms with Crippen LogP contribution in [-0.4, -0.2) is 3.21 Å². The average molecular weight is 843 g/mol. The Labute approximate surface area is 352 Å². The first-order valence-electron chi connectivity index (χ1n) is 19.5. The van der Waals surface area contributed by atoms with Crippen LogP contribution < -0.4 is 24.8 Å². The monoisotopic (exact) mass is 840 g/mol. The Morgan fingerprint density at radius 2 is 0.911 bits per heavy atom. The Bertz CT molecular complexity index is 2440. The summed E-state index contributed by atoms with van der Waals surface area (Å²) < 4.78 is 3.51. The second-order valence-electron chi connectivity index (χ2n) is 14.5. The molecular weight excluding hydrogens is 799 g/mol. The van der Waals surface area contributed by atoms with E-state index in [-0.39, 0.29) is 34.4 Å². The minimum absolute atomic E-state index is 0. The first-order chi connectivity index (χ1) is 26.7. The molecule has 0 radical (unpaired) electrons. The van der Waals surface area contributed by atoms with Crippen molar-refractivity contribution in [2.75, 3.05) is 0 Å². The van der Waals surface area contributed by atoms with Crippen LogP contribution in [0.2, 0.25) is 0 Å². The van der Waals surface area contributed by atoms with E-state index in [9.17, 15) is 0 Å². The van der Waals surface area contributed by atoms with E-state index < -0.39 is 21.3 Å². The predicted octanol–water partition coefficient (Wildman–Crippen LogP) is 7.07. The number of halogens is 2. The number of aryl methyl sites for hydroxylation is 2. The third-order valence-corrected chi connectivity index (χ3v) is 19.9. The van der Waals surface area contributed by atoms with Gasteiger partial charge in [-0.15, -0.1) is 0 Å². The molecule has 2 aliphatic rings. The molecule has 0 aliphatic heterocycles. The molecule has 0 heterocycles. The van der Waals surface area contributed by atoms with Gasteiger partial charge in [0, 0.05) is 0 Å². The summed E-state index contributed by atoms with van der Waals surface area (Å²) in [5.74, 6) is 0.143. The fourth-order valence-corrected chi connectivity index (χ4v) is 18.8. The number of fused-ring (bicyclic) bond motifs is 3. The molecule has 9 rings (SSSR count). The molecule has 56 heavy (non-hydrogen) atoms. The van der Waals surface area contributed by atoms with Crippen LogP contribution in [0.25, 0.3) is 22.3 Å². The molecule has 0 amide bonds. The normalized spacial score (nSPS) is 14.1. The second kappa shape index (κ2) is 17.7. The number of rotatable bonds is 9. The minimum atomic E-state index is -3.28. The van der Waals surface area contributed by atoms with Gasteiger partial charge in [-0.1, -0.05) is 0 Å². The van der Waals surface area contributed by atoms with E-state index in [1.807, 2.05) is 0 Å². The third-order valence-electron chi connectivity index (χ3n) is 11.4. The zero-order valence-electron chi connectivity index (χ0n) is 31.8. The van der Waals surface area contributed by atoms with Gasteiger partial charge in [-0.2, -0.15) is 0 Å². The van der Waals surface area contributed by atoms with Crippen LogP contribution in [0.5, 0.6) is 0 Å². The third kappa shape index (κ3) is 7.34. The Morgan fingerprint density at radius 3 is 1.38 bits per heavy atom. The summed E-state index contributed by atoms with van der Waals surface area (Å²) in [7, 11) is 0. The molecule has 2 aliphatic carbocycles. The second-order valence-corrected chi connectivity index (χ2v) is 20.5. The van der Waals surface area contributed by atoms with E-state index in [0.29, 0.717) is 0 Å². The largest absolute Gasteiger partial charge is 1.00 e. The maximum absolute atomic E-state index is 3.28. The van der Waals surface area contributed by atoms with E-state index >= 15 is 0 Å². The average Bonchev–Trinajstić information content (AvgIpc) is 3.80. The quantitative estimate of drug-likeness (QED) is 0.146. The fourth-order valence-electron chi connectivity index (χ4n) is 8.87. The zero-order valence-corrected chi connectivity index (χ0v) is 35.8. The molecule has 7 aromatic rings. The van der Waals surface area contributed by atoms with Gasteiger partial charge in [0.1, 0.15) is 0 Å². The van der Waals surface area contributed by atoms with Crippen molar-refractivity contribution in [3.05, 3.63) is 247 Å². The summed E-state index contributed by atoms with van der Waals surface area (Å²) >= 11 is -3.28. The van der Waals surface area contributed by atoms with Gasteiger partial charge < -0.3 is 24.8 Å². The molecule has 0 spiro atoms. The van der Waals surface area contributed by atoms with E-state index in [4.69, 9.17) is 0 Å². The molecule has 7 aromatic carbocycles. The van der Waals surface area contributed by atoms with Gasteiger partial charge in [-0.05, 0) is 0 Å². The molecule has 0 saturated carbocycles. The minimum Gasteiger partial charge on any atom is -1.00 e. The first kappa shape index (κ1) is 39.6.